The second kappa shape index (κ2) is 5.70. The Labute approximate surface area is 126 Å². The van der Waals surface area contributed by atoms with E-state index in [1.165, 1.54) is 0 Å². The van der Waals surface area contributed by atoms with Crippen LogP contribution in [-0.2, 0) is 16.6 Å². The zero-order chi connectivity index (χ0) is 15.0. The lowest BCUT2D eigenvalue weighted by Gasteiger charge is -2.17. The van der Waals surface area contributed by atoms with Gasteiger partial charge in [0.1, 0.15) is 0 Å². The van der Waals surface area contributed by atoms with Gasteiger partial charge in [0.15, 0.2) is 5.03 Å². The molecule has 0 amide bonds. The molecule has 2 aliphatic carbocycles. The zero-order valence-electron chi connectivity index (χ0n) is 12.6. The van der Waals surface area contributed by atoms with Gasteiger partial charge in [-0.2, -0.15) is 5.10 Å². The minimum atomic E-state index is -3.51. The highest BCUT2D eigenvalue weighted by Gasteiger charge is 2.43. The summed E-state index contributed by atoms with van der Waals surface area (Å²) in [6.45, 7) is 4.56. The third-order valence-corrected chi connectivity index (χ3v) is 5.67. The Morgan fingerprint density at radius 1 is 1.29 bits per heavy atom. The highest BCUT2D eigenvalue weighted by molar-refractivity contribution is 7.89. The molecule has 2 aliphatic rings. The van der Waals surface area contributed by atoms with Crippen molar-refractivity contribution < 1.29 is 8.42 Å². The molecule has 3 N–H and O–H groups in total. The van der Waals surface area contributed by atoms with E-state index < -0.39 is 10.0 Å². The zero-order valence-corrected chi connectivity index (χ0v) is 13.4. The number of hydrogen-bond donors (Lipinski definition) is 3. The molecular weight excluding hydrogens is 288 g/mol. The van der Waals surface area contributed by atoms with Crippen molar-refractivity contribution in [3.05, 3.63) is 11.8 Å². The number of nitrogens with zero attached hydrogens (tertiary/aromatic N) is 1. The fraction of sp³-hybridized carbons (Fsp3) is 0.786. The fourth-order valence-corrected chi connectivity index (χ4v) is 4.20. The molecule has 0 atom stereocenters. The number of H-pyrrole nitrogens is 1. The van der Waals surface area contributed by atoms with Crippen LogP contribution in [0.1, 0.15) is 45.1 Å². The van der Waals surface area contributed by atoms with Gasteiger partial charge in [0.2, 0.25) is 0 Å². The van der Waals surface area contributed by atoms with E-state index in [9.17, 15) is 8.42 Å². The molecule has 3 rings (SSSR count). The Balaban J connectivity index is 1.73. The minimum Gasteiger partial charge on any atom is -0.310 e. The Kier molecular flexibility index (Phi) is 4.07. The van der Waals surface area contributed by atoms with Crippen LogP contribution in [0.3, 0.4) is 0 Å². The topological polar surface area (TPSA) is 86.9 Å². The average Bonchev–Trinajstić information content (AvgIpc) is 3.32. The van der Waals surface area contributed by atoms with Crippen molar-refractivity contribution in [2.45, 2.75) is 63.2 Å². The van der Waals surface area contributed by atoms with E-state index >= 15 is 0 Å². The number of sulfonamides is 1. The van der Waals surface area contributed by atoms with E-state index in [1.54, 1.807) is 6.20 Å². The normalized spacial score (nSPS) is 19.6. The van der Waals surface area contributed by atoms with Crippen LogP contribution < -0.4 is 10.0 Å². The molecule has 1 heterocycles. The molecule has 0 radical (unpaired) electrons. The quantitative estimate of drug-likeness (QED) is 0.677. The van der Waals surface area contributed by atoms with E-state index in [2.05, 4.69) is 20.2 Å². The summed E-state index contributed by atoms with van der Waals surface area (Å²) in [5.74, 6) is 1.07. The summed E-state index contributed by atoms with van der Waals surface area (Å²) in [7, 11) is -3.51. The number of nitrogens with one attached hydrogen (secondary N) is 3. The molecule has 0 spiro atoms. The van der Waals surface area contributed by atoms with Crippen LogP contribution in [0.15, 0.2) is 11.2 Å². The summed E-state index contributed by atoms with van der Waals surface area (Å²) in [5, 5.41) is 10.0. The summed E-state index contributed by atoms with van der Waals surface area (Å²) >= 11 is 0. The van der Waals surface area contributed by atoms with Gasteiger partial charge in [0, 0.05) is 24.2 Å². The first-order valence-electron chi connectivity index (χ1n) is 7.75. The summed E-state index contributed by atoms with van der Waals surface area (Å²) in [5.41, 5.74) is 0.696. The molecule has 0 aromatic carbocycles. The molecule has 6 nitrogen and oxygen atoms in total. The van der Waals surface area contributed by atoms with Crippen LogP contribution >= 0.6 is 0 Å². The van der Waals surface area contributed by atoms with Gasteiger partial charge in [-0.1, -0.05) is 13.8 Å². The molecule has 0 aliphatic heterocycles. The van der Waals surface area contributed by atoms with Crippen molar-refractivity contribution in [1.29, 1.82) is 0 Å². The van der Waals surface area contributed by atoms with Crippen molar-refractivity contribution in [3.8, 4) is 0 Å². The van der Waals surface area contributed by atoms with Gasteiger partial charge in [-0.15, -0.1) is 0 Å². The van der Waals surface area contributed by atoms with E-state index in [-0.39, 0.29) is 11.1 Å². The molecule has 1 aromatic heterocycles. The maximum absolute atomic E-state index is 12.6. The summed E-state index contributed by atoms with van der Waals surface area (Å²) < 4.78 is 28.2. The number of aromatic nitrogens is 2. The molecule has 1 aromatic rings. The van der Waals surface area contributed by atoms with Crippen LogP contribution in [0.25, 0.3) is 0 Å². The van der Waals surface area contributed by atoms with Crippen LogP contribution in [0.5, 0.6) is 0 Å². The van der Waals surface area contributed by atoms with Gasteiger partial charge >= 0.3 is 0 Å². The van der Waals surface area contributed by atoms with E-state index in [1.807, 2.05) is 13.8 Å². The van der Waals surface area contributed by atoms with Gasteiger partial charge in [-0.3, -0.25) is 5.10 Å². The van der Waals surface area contributed by atoms with Crippen molar-refractivity contribution in [2.24, 2.45) is 11.8 Å². The number of aromatic amines is 1. The molecule has 21 heavy (non-hydrogen) atoms. The highest BCUT2D eigenvalue weighted by atomic mass is 32.2. The molecular formula is C14H24N4O2S. The molecule has 0 bridgehead atoms. The predicted molar refractivity (Wildman–Crippen MR) is 80.1 cm³/mol. The van der Waals surface area contributed by atoms with Gasteiger partial charge in [0.05, 0.1) is 6.20 Å². The lowest BCUT2D eigenvalue weighted by Crippen LogP contribution is -2.38. The molecule has 2 fully saturated rings. The summed E-state index contributed by atoms with van der Waals surface area (Å²) in [6.07, 6.45) is 6.18. The number of hydrogen-bond acceptors (Lipinski definition) is 4. The van der Waals surface area contributed by atoms with Crippen molar-refractivity contribution in [1.82, 2.24) is 20.2 Å². The Morgan fingerprint density at radius 2 is 1.90 bits per heavy atom. The average molecular weight is 312 g/mol. The summed E-state index contributed by atoms with van der Waals surface area (Å²) in [6, 6.07) is 0.415. The maximum Gasteiger partial charge on any atom is 0.258 e. The first kappa shape index (κ1) is 15.0. The standard InChI is InChI=1S/C14H24N4O2S/c1-9(2)15-7-12-8-16-17-14(12)21(19,20)18-13(10-3-4-10)11-5-6-11/h8-11,13,15,18H,3-7H2,1-2H3,(H,16,17). The molecule has 118 valence electrons. The van der Waals surface area contributed by atoms with Gasteiger partial charge in [-0.25, -0.2) is 13.1 Å². The highest BCUT2D eigenvalue weighted by Crippen LogP contribution is 2.45. The van der Waals surface area contributed by atoms with Crippen LogP contribution in [0.4, 0.5) is 0 Å². The predicted octanol–water partition coefficient (Wildman–Crippen LogP) is 1.37. The van der Waals surface area contributed by atoms with Crippen LogP contribution in [0, 0.1) is 11.8 Å². The molecule has 2 saturated carbocycles. The van der Waals surface area contributed by atoms with Crippen molar-refractivity contribution in [2.75, 3.05) is 0 Å². The Hall–Kier alpha value is -0.920. The lowest BCUT2D eigenvalue weighted by molar-refractivity contribution is 0.469. The van der Waals surface area contributed by atoms with Crippen molar-refractivity contribution in [3.63, 3.8) is 0 Å². The SMILES string of the molecule is CC(C)NCc1cn[nH]c1S(=O)(=O)NC(C1CC1)C1CC1. The number of rotatable bonds is 8. The fourth-order valence-electron chi connectivity index (χ4n) is 2.70. The van der Waals surface area contributed by atoms with E-state index in [4.69, 9.17) is 0 Å². The lowest BCUT2D eigenvalue weighted by atomic mass is 10.1. The largest absolute Gasteiger partial charge is 0.310 e. The van der Waals surface area contributed by atoms with Crippen molar-refractivity contribution >= 4 is 10.0 Å². The van der Waals surface area contributed by atoms with Gasteiger partial charge in [0.25, 0.3) is 10.0 Å². The Morgan fingerprint density at radius 3 is 2.43 bits per heavy atom. The molecule has 7 heteroatoms. The summed E-state index contributed by atoms with van der Waals surface area (Å²) in [4.78, 5) is 0. The second-order valence-electron chi connectivity index (χ2n) is 6.58. The second-order valence-corrected chi connectivity index (χ2v) is 8.23. The van der Waals surface area contributed by atoms with Crippen LogP contribution in [0.2, 0.25) is 0 Å². The van der Waals surface area contributed by atoms with Crippen LogP contribution in [-0.4, -0.2) is 30.7 Å². The first-order valence-corrected chi connectivity index (χ1v) is 9.23. The third kappa shape index (κ3) is 3.64. The maximum atomic E-state index is 12.6. The third-order valence-electron chi connectivity index (χ3n) is 4.20. The Bertz CT molecular complexity index is 576. The molecule has 0 unspecified atom stereocenters. The minimum absolute atomic E-state index is 0.115. The van der Waals surface area contributed by atoms with E-state index in [0.717, 1.165) is 25.7 Å². The first-order chi connectivity index (χ1) is 9.97. The van der Waals surface area contributed by atoms with Gasteiger partial charge < -0.3 is 5.32 Å². The van der Waals surface area contributed by atoms with Gasteiger partial charge in [-0.05, 0) is 37.5 Å². The molecule has 0 saturated heterocycles. The monoisotopic (exact) mass is 312 g/mol. The van der Waals surface area contributed by atoms with E-state index in [0.29, 0.717) is 30.0 Å². The smallest absolute Gasteiger partial charge is 0.258 e.